The van der Waals surface area contributed by atoms with Crippen LogP contribution in [0.4, 0.5) is 0 Å². The van der Waals surface area contributed by atoms with Crippen molar-refractivity contribution in [1.82, 2.24) is 0 Å². The first kappa shape index (κ1) is 14.6. The number of benzene rings is 2. The van der Waals surface area contributed by atoms with Crippen molar-refractivity contribution in [2.75, 3.05) is 5.75 Å². The highest BCUT2D eigenvalue weighted by Crippen LogP contribution is 2.29. The van der Waals surface area contributed by atoms with E-state index in [1.165, 1.54) is 26.1 Å². The Balaban J connectivity index is 1.77. The van der Waals surface area contributed by atoms with E-state index in [2.05, 4.69) is 60.8 Å². The highest BCUT2D eigenvalue weighted by atomic mass is 32.2. The van der Waals surface area contributed by atoms with Crippen molar-refractivity contribution in [3.63, 3.8) is 0 Å². The van der Waals surface area contributed by atoms with E-state index in [-0.39, 0.29) is 6.04 Å². The molecule has 108 valence electrons. The normalized spacial score (nSPS) is 12.7. The Kier molecular flexibility index (Phi) is 4.63. The maximum Gasteiger partial charge on any atom is 0.0345 e. The Labute approximate surface area is 134 Å². The van der Waals surface area contributed by atoms with E-state index in [0.717, 1.165) is 12.2 Å². The molecule has 0 aliphatic carbocycles. The van der Waals surface area contributed by atoms with Crippen molar-refractivity contribution < 1.29 is 0 Å². The van der Waals surface area contributed by atoms with E-state index in [1.54, 1.807) is 11.3 Å². The molecule has 0 aliphatic rings. The summed E-state index contributed by atoms with van der Waals surface area (Å²) in [7, 11) is 0. The number of hydrogen-bond donors (Lipinski definition) is 1. The van der Waals surface area contributed by atoms with E-state index in [0.29, 0.717) is 0 Å². The summed E-state index contributed by atoms with van der Waals surface area (Å²) in [4.78, 5) is 1.31. The molecule has 1 atom stereocenters. The third-order valence-electron chi connectivity index (χ3n) is 3.62. The second-order valence-electron chi connectivity index (χ2n) is 5.07. The van der Waals surface area contributed by atoms with Crippen LogP contribution in [0.15, 0.2) is 58.8 Å². The zero-order valence-electron chi connectivity index (χ0n) is 12.1. The van der Waals surface area contributed by atoms with Gasteiger partial charge in [0.2, 0.25) is 0 Å². The summed E-state index contributed by atoms with van der Waals surface area (Å²) >= 11 is 3.67. The van der Waals surface area contributed by atoms with Crippen LogP contribution < -0.4 is 5.73 Å². The molecule has 1 heterocycles. The van der Waals surface area contributed by atoms with Crippen LogP contribution >= 0.6 is 23.1 Å². The van der Waals surface area contributed by atoms with Gasteiger partial charge in [-0.15, -0.1) is 23.1 Å². The summed E-state index contributed by atoms with van der Waals surface area (Å²) in [6.07, 6.45) is 0.893. The summed E-state index contributed by atoms with van der Waals surface area (Å²) in [6, 6.07) is 17.3. The molecule has 0 amide bonds. The van der Waals surface area contributed by atoms with Gasteiger partial charge in [-0.3, -0.25) is 0 Å². The van der Waals surface area contributed by atoms with E-state index in [1.807, 2.05) is 11.8 Å². The first-order valence-corrected chi connectivity index (χ1v) is 9.08. The maximum absolute atomic E-state index is 6.40. The van der Waals surface area contributed by atoms with E-state index >= 15 is 0 Å². The SMILES string of the molecule is CCSc1ccc(C(N)Cc2csc3ccccc23)cc1. The molecule has 2 N–H and O–H groups in total. The Morgan fingerprint density at radius 1 is 1.10 bits per heavy atom. The second kappa shape index (κ2) is 6.65. The average molecular weight is 313 g/mol. The van der Waals surface area contributed by atoms with E-state index in [9.17, 15) is 0 Å². The topological polar surface area (TPSA) is 26.0 Å². The lowest BCUT2D eigenvalue weighted by atomic mass is 9.99. The molecule has 0 radical (unpaired) electrons. The monoisotopic (exact) mass is 313 g/mol. The van der Waals surface area contributed by atoms with Gasteiger partial charge in [0.15, 0.2) is 0 Å². The fraction of sp³-hybridized carbons (Fsp3) is 0.222. The van der Waals surface area contributed by atoms with Crippen LogP contribution in [0.3, 0.4) is 0 Å². The molecule has 3 rings (SSSR count). The second-order valence-corrected chi connectivity index (χ2v) is 7.32. The van der Waals surface area contributed by atoms with Crippen molar-refractivity contribution in [2.45, 2.75) is 24.3 Å². The first-order chi connectivity index (χ1) is 10.3. The molecule has 1 aromatic heterocycles. The third kappa shape index (κ3) is 3.31. The maximum atomic E-state index is 6.40. The molecule has 2 aromatic carbocycles. The standard InChI is InChI=1S/C18H19NS2/c1-2-20-15-9-7-13(8-10-15)17(19)11-14-12-21-18-6-4-3-5-16(14)18/h3-10,12,17H,2,11,19H2,1H3. The van der Waals surface area contributed by atoms with Crippen molar-refractivity contribution in [3.05, 3.63) is 65.0 Å². The van der Waals surface area contributed by atoms with Gasteiger partial charge in [0.25, 0.3) is 0 Å². The Hall–Kier alpha value is -1.29. The number of thiophene rings is 1. The lowest BCUT2D eigenvalue weighted by Crippen LogP contribution is -2.12. The van der Waals surface area contributed by atoms with Gasteiger partial charge < -0.3 is 5.73 Å². The van der Waals surface area contributed by atoms with Crippen LogP contribution in [0.25, 0.3) is 10.1 Å². The molecule has 21 heavy (non-hydrogen) atoms. The van der Waals surface area contributed by atoms with E-state index in [4.69, 9.17) is 5.73 Å². The van der Waals surface area contributed by atoms with Gasteiger partial charge in [-0.25, -0.2) is 0 Å². The predicted octanol–water partition coefficient (Wildman–Crippen LogP) is 5.26. The fourth-order valence-electron chi connectivity index (χ4n) is 2.52. The molecular weight excluding hydrogens is 294 g/mol. The van der Waals surface area contributed by atoms with Gasteiger partial charge in [0, 0.05) is 15.6 Å². The fourth-order valence-corrected chi connectivity index (χ4v) is 4.16. The highest BCUT2D eigenvalue weighted by Gasteiger charge is 2.10. The van der Waals surface area contributed by atoms with Crippen LogP contribution in [0.1, 0.15) is 24.1 Å². The summed E-state index contributed by atoms with van der Waals surface area (Å²) in [5.41, 5.74) is 8.97. The lowest BCUT2D eigenvalue weighted by Gasteiger charge is -2.12. The summed E-state index contributed by atoms with van der Waals surface area (Å²) in [5, 5.41) is 3.59. The quantitative estimate of drug-likeness (QED) is 0.651. The van der Waals surface area contributed by atoms with Crippen molar-refractivity contribution in [3.8, 4) is 0 Å². The first-order valence-electron chi connectivity index (χ1n) is 7.21. The molecule has 1 unspecified atom stereocenters. The number of fused-ring (bicyclic) bond motifs is 1. The molecular formula is C18H19NS2. The Bertz CT molecular complexity index is 715. The summed E-state index contributed by atoms with van der Waals surface area (Å²) in [5.74, 6) is 1.10. The summed E-state index contributed by atoms with van der Waals surface area (Å²) < 4.78 is 1.34. The van der Waals surface area contributed by atoms with Gasteiger partial charge in [0.05, 0.1) is 0 Å². The molecule has 0 aliphatic heterocycles. The minimum Gasteiger partial charge on any atom is -0.324 e. The number of hydrogen-bond acceptors (Lipinski definition) is 3. The molecule has 0 fully saturated rings. The van der Waals surface area contributed by atoms with Crippen molar-refractivity contribution in [1.29, 1.82) is 0 Å². The van der Waals surface area contributed by atoms with Crippen LogP contribution in [-0.4, -0.2) is 5.75 Å². The largest absolute Gasteiger partial charge is 0.324 e. The number of rotatable bonds is 5. The lowest BCUT2D eigenvalue weighted by molar-refractivity contribution is 0.726. The molecule has 0 saturated carbocycles. The van der Waals surface area contributed by atoms with Gasteiger partial charge in [-0.1, -0.05) is 37.3 Å². The van der Waals surface area contributed by atoms with Crippen molar-refractivity contribution in [2.24, 2.45) is 5.73 Å². The van der Waals surface area contributed by atoms with Crippen LogP contribution in [0.5, 0.6) is 0 Å². The summed E-state index contributed by atoms with van der Waals surface area (Å²) in [6.45, 7) is 2.17. The van der Waals surface area contributed by atoms with Gasteiger partial charge in [-0.2, -0.15) is 0 Å². The smallest absolute Gasteiger partial charge is 0.0345 e. The highest BCUT2D eigenvalue weighted by molar-refractivity contribution is 7.99. The van der Waals surface area contributed by atoms with Crippen molar-refractivity contribution >= 4 is 33.2 Å². The van der Waals surface area contributed by atoms with Crippen LogP contribution in [0, 0.1) is 0 Å². The van der Waals surface area contributed by atoms with Crippen LogP contribution in [-0.2, 0) is 6.42 Å². The van der Waals surface area contributed by atoms with Gasteiger partial charge in [0.1, 0.15) is 0 Å². The zero-order valence-corrected chi connectivity index (χ0v) is 13.7. The number of nitrogens with two attached hydrogens (primary N) is 1. The molecule has 3 heteroatoms. The average Bonchev–Trinajstić information content (AvgIpc) is 2.92. The molecule has 0 bridgehead atoms. The molecule has 0 saturated heterocycles. The molecule has 3 aromatic rings. The minimum absolute atomic E-state index is 0.0590. The van der Waals surface area contributed by atoms with Crippen LogP contribution in [0.2, 0.25) is 0 Å². The minimum atomic E-state index is 0.0590. The van der Waals surface area contributed by atoms with Gasteiger partial charge >= 0.3 is 0 Å². The zero-order chi connectivity index (χ0) is 14.7. The predicted molar refractivity (Wildman–Crippen MR) is 95.3 cm³/mol. The third-order valence-corrected chi connectivity index (χ3v) is 5.53. The van der Waals surface area contributed by atoms with E-state index < -0.39 is 0 Å². The number of thioether (sulfide) groups is 1. The molecule has 1 nitrogen and oxygen atoms in total. The van der Waals surface area contributed by atoms with Gasteiger partial charge in [-0.05, 0) is 52.3 Å². The Morgan fingerprint density at radius 2 is 1.86 bits per heavy atom. The molecule has 0 spiro atoms. The Morgan fingerprint density at radius 3 is 2.62 bits per heavy atom.